The molecule has 146 valence electrons. The monoisotopic (exact) mass is 402 g/mol. The van der Waals surface area contributed by atoms with Crippen LogP contribution in [-0.2, 0) is 14.3 Å². The maximum atomic E-state index is 12.4. The van der Waals surface area contributed by atoms with Crippen LogP contribution in [0.3, 0.4) is 0 Å². The van der Waals surface area contributed by atoms with E-state index in [1.165, 1.54) is 4.52 Å². The van der Waals surface area contributed by atoms with Gasteiger partial charge in [-0.25, -0.2) is 19.1 Å². The molecule has 3 heterocycles. The number of nitrogens with one attached hydrogen (secondary N) is 1. The molecule has 3 rings (SSSR count). The van der Waals surface area contributed by atoms with Gasteiger partial charge in [-0.2, -0.15) is 5.10 Å². The van der Waals surface area contributed by atoms with Gasteiger partial charge in [-0.15, -0.1) is 11.3 Å². The fourth-order valence-electron chi connectivity index (χ4n) is 2.56. The molecule has 0 saturated carbocycles. The second kappa shape index (κ2) is 8.17. The molecule has 3 aromatic heterocycles. The van der Waals surface area contributed by atoms with E-state index in [4.69, 9.17) is 9.47 Å². The zero-order valence-electron chi connectivity index (χ0n) is 15.5. The summed E-state index contributed by atoms with van der Waals surface area (Å²) in [5.41, 5.74) is 1.73. The molecule has 0 saturated heterocycles. The van der Waals surface area contributed by atoms with Crippen molar-refractivity contribution in [1.29, 1.82) is 0 Å². The molecule has 0 aliphatic rings. The first-order valence-corrected chi connectivity index (χ1v) is 9.26. The van der Waals surface area contributed by atoms with E-state index in [0.29, 0.717) is 26.8 Å². The summed E-state index contributed by atoms with van der Waals surface area (Å²) in [5.74, 6) is -1.64. The number of hydrogen-bond acceptors (Lipinski definition) is 8. The number of anilines is 1. The second-order valence-electron chi connectivity index (χ2n) is 5.82. The van der Waals surface area contributed by atoms with Gasteiger partial charge in [0.1, 0.15) is 10.4 Å². The molecule has 0 spiro atoms. The van der Waals surface area contributed by atoms with E-state index in [0.717, 1.165) is 11.3 Å². The Kier molecular flexibility index (Phi) is 5.69. The van der Waals surface area contributed by atoms with Crippen molar-refractivity contribution in [3.8, 4) is 0 Å². The lowest BCUT2D eigenvalue weighted by Crippen LogP contribution is -2.20. The van der Waals surface area contributed by atoms with Crippen molar-refractivity contribution in [2.45, 2.75) is 20.8 Å². The highest BCUT2D eigenvalue weighted by Gasteiger charge is 2.21. The number of ether oxygens (including phenoxy) is 2. The summed E-state index contributed by atoms with van der Waals surface area (Å²) >= 11 is 1.10. The fourth-order valence-corrected chi connectivity index (χ4v) is 3.54. The van der Waals surface area contributed by atoms with Gasteiger partial charge in [0.25, 0.3) is 5.91 Å². The van der Waals surface area contributed by atoms with Crippen LogP contribution in [0, 0.1) is 13.8 Å². The van der Waals surface area contributed by atoms with Crippen molar-refractivity contribution in [2.75, 3.05) is 18.5 Å². The predicted molar refractivity (Wildman–Crippen MR) is 102 cm³/mol. The van der Waals surface area contributed by atoms with Crippen LogP contribution < -0.4 is 5.32 Å². The molecule has 0 radical (unpaired) electrons. The highest BCUT2D eigenvalue weighted by molar-refractivity contribution is 7.18. The van der Waals surface area contributed by atoms with E-state index in [1.807, 2.05) is 0 Å². The average molecular weight is 402 g/mol. The molecule has 3 aromatic rings. The molecule has 10 heteroatoms. The largest absolute Gasteiger partial charge is 0.462 e. The average Bonchev–Trinajstić information content (AvgIpc) is 3.18. The number of nitrogens with zero attached hydrogens (tertiary/aromatic N) is 3. The zero-order chi connectivity index (χ0) is 20.3. The zero-order valence-corrected chi connectivity index (χ0v) is 16.3. The quantitative estimate of drug-likeness (QED) is 0.630. The number of carbonyl (C=O) groups is 3. The normalized spacial score (nSPS) is 10.7. The van der Waals surface area contributed by atoms with Crippen molar-refractivity contribution in [3.05, 3.63) is 46.2 Å². The van der Waals surface area contributed by atoms with E-state index >= 15 is 0 Å². The van der Waals surface area contributed by atoms with Crippen LogP contribution in [0.15, 0.2) is 24.5 Å². The third-order valence-electron chi connectivity index (χ3n) is 3.75. The Morgan fingerprint density at radius 2 is 2.00 bits per heavy atom. The van der Waals surface area contributed by atoms with Gasteiger partial charge in [-0.1, -0.05) is 0 Å². The first kappa shape index (κ1) is 19.5. The maximum Gasteiger partial charge on any atom is 0.348 e. The van der Waals surface area contributed by atoms with Crippen LogP contribution in [0.25, 0.3) is 5.65 Å². The van der Waals surface area contributed by atoms with Gasteiger partial charge >= 0.3 is 11.9 Å². The van der Waals surface area contributed by atoms with Crippen LogP contribution >= 0.6 is 11.3 Å². The molecule has 0 aliphatic heterocycles. The number of esters is 2. The Hall–Kier alpha value is -3.27. The summed E-state index contributed by atoms with van der Waals surface area (Å²) < 4.78 is 11.5. The number of carbonyl (C=O) groups excluding carboxylic acids is 3. The summed E-state index contributed by atoms with van der Waals surface area (Å²) in [7, 11) is 0. The fraction of sp³-hybridized carbons (Fsp3) is 0.278. The number of fused-ring (bicyclic) bond motifs is 1. The van der Waals surface area contributed by atoms with Gasteiger partial charge in [0.05, 0.1) is 17.3 Å². The highest BCUT2D eigenvalue weighted by atomic mass is 32.1. The van der Waals surface area contributed by atoms with Crippen molar-refractivity contribution < 1.29 is 23.9 Å². The lowest BCUT2D eigenvalue weighted by molar-refractivity contribution is -0.119. The first-order valence-electron chi connectivity index (χ1n) is 8.45. The van der Waals surface area contributed by atoms with Gasteiger partial charge < -0.3 is 14.8 Å². The molecular weight excluding hydrogens is 384 g/mol. The lowest BCUT2D eigenvalue weighted by Gasteiger charge is -2.04. The van der Waals surface area contributed by atoms with E-state index in [-0.39, 0.29) is 12.2 Å². The third-order valence-corrected chi connectivity index (χ3v) is 4.88. The van der Waals surface area contributed by atoms with Gasteiger partial charge in [-0.3, -0.25) is 4.79 Å². The molecule has 28 heavy (non-hydrogen) atoms. The molecule has 0 bridgehead atoms. The van der Waals surface area contributed by atoms with Crippen molar-refractivity contribution in [1.82, 2.24) is 14.6 Å². The van der Waals surface area contributed by atoms with E-state index in [2.05, 4.69) is 15.4 Å². The van der Waals surface area contributed by atoms with Gasteiger partial charge in [0, 0.05) is 12.4 Å². The van der Waals surface area contributed by atoms with E-state index in [1.54, 1.807) is 45.3 Å². The number of thiophene rings is 1. The molecule has 0 aliphatic carbocycles. The Balaban J connectivity index is 1.63. The molecule has 0 atom stereocenters. The van der Waals surface area contributed by atoms with Gasteiger partial charge in [-0.05, 0) is 38.5 Å². The first-order chi connectivity index (χ1) is 13.4. The number of aryl methyl sites for hydroxylation is 2. The number of amides is 1. The smallest absolute Gasteiger partial charge is 0.348 e. The Morgan fingerprint density at radius 1 is 1.21 bits per heavy atom. The van der Waals surface area contributed by atoms with E-state index in [9.17, 15) is 14.4 Å². The van der Waals surface area contributed by atoms with Crippen LogP contribution in [0.2, 0.25) is 0 Å². The predicted octanol–water partition coefficient (Wildman–Crippen LogP) is 2.38. The minimum absolute atomic E-state index is 0.213. The molecule has 0 unspecified atom stereocenters. The molecule has 0 aromatic carbocycles. The summed E-state index contributed by atoms with van der Waals surface area (Å²) in [6.45, 7) is 4.93. The van der Waals surface area contributed by atoms with Gasteiger partial charge in [0.2, 0.25) is 0 Å². The van der Waals surface area contributed by atoms with Crippen LogP contribution in [0.1, 0.15) is 38.2 Å². The number of rotatable bonds is 6. The summed E-state index contributed by atoms with van der Waals surface area (Å²) in [5, 5.41) is 7.26. The standard InChI is InChI=1S/C18H18N4O5S/c1-4-26-18(25)15-10(2)8-13(28-15)20-12(23)9-27-17(24)14-11(3)21-22-7-5-6-19-16(14)22/h5-8H,4,9H2,1-3H3,(H,20,23). The number of hydrogen-bond donors (Lipinski definition) is 1. The van der Waals surface area contributed by atoms with Crippen LogP contribution in [0.5, 0.6) is 0 Å². The molecule has 1 amide bonds. The summed E-state index contributed by atoms with van der Waals surface area (Å²) in [6, 6.07) is 3.35. The Labute approximate surface area is 164 Å². The van der Waals surface area contributed by atoms with Crippen LogP contribution in [-0.4, -0.2) is 45.7 Å². The minimum atomic E-state index is -0.684. The van der Waals surface area contributed by atoms with Crippen LogP contribution in [0.4, 0.5) is 5.00 Å². The summed E-state index contributed by atoms with van der Waals surface area (Å²) in [4.78, 5) is 40.9. The van der Waals surface area contributed by atoms with E-state index < -0.39 is 24.5 Å². The Morgan fingerprint density at radius 3 is 2.75 bits per heavy atom. The topological polar surface area (TPSA) is 112 Å². The van der Waals surface area contributed by atoms with Crippen molar-refractivity contribution >= 4 is 39.8 Å². The maximum absolute atomic E-state index is 12.4. The number of aromatic nitrogens is 3. The SMILES string of the molecule is CCOC(=O)c1sc(NC(=O)COC(=O)c2c(C)nn3cccnc23)cc1C. The lowest BCUT2D eigenvalue weighted by atomic mass is 10.2. The van der Waals surface area contributed by atoms with Crippen molar-refractivity contribution in [2.24, 2.45) is 0 Å². The minimum Gasteiger partial charge on any atom is -0.462 e. The Bertz CT molecular complexity index is 1060. The molecule has 1 N–H and O–H groups in total. The third kappa shape index (κ3) is 4.01. The summed E-state index contributed by atoms with van der Waals surface area (Å²) in [6.07, 6.45) is 3.21. The highest BCUT2D eigenvalue weighted by Crippen LogP contribution is 2.27. The van der Waals surface area contributed by atoms with Crippen molar-refractivity contribution in [3.63, 3.8) is 0 Å². The molecule has 9 nitrogen and oxygen atoms in total. The van der Waals surface area contributed by atoms with Gasteiger partial charge in [0.15, 0.2) is 12.3 Å². The molecule has 0 fully saturated rings. The second-order valence-corrected chi connectivity index (χ2v) is 6.87. The molecular formula is C18H18N4O5S.